The van der Waals surface area contributed by atoms with Gasteiger partial charge < -0.3 is 9.84 Å². The third-order valence-corrected chi connectivity index (χ3v) is 2.41. The number of benzene rings is 1. The van der Waals surface area contributed by atoms with Gasteiger partial charge in [-0.05, 0) is 17.7 Å². The van der Waals surface area contributed by atoms with E-state index in [0.717, 1.165) is 0 Å². The fraction of sp³-hybridized carbons (Fsp3) is 0.273. The molecule has 1 aromatic rings. The smallest absolute Gasteiger partial charge is 0.305 e. The molecule has 0 saturated heterocycles. The van der Waals surface area contributed by atoms with E-state index in [4.69, 9.17) is 26.7 Å². The van der Waals surface area contributed by atoms with Crippen LogP contribution in [-0.2, 0) is 4.79 Å². The molecule has 0 saturated carbocycles. The van der Waals surface area contributed by atoms with Crippen LogP contribution >= 0.6 is 11.6 Å². The van der Waals surface area contributed by atoms with Crippen molar-refractivity contribution in [2.75, 3.05) is 7.11 Å². The lowest BCUT2D eigenvalue weighted by molar-refractivity contribution is -0.137. The summed E-state index contributed by atoms with van der Waals surface area (Å²) in [6.07, 6.45) is -0.237. The summed E-state index contributed by atoms with van der Waals surface area (Å²) < 4.78 is 4.96. The van der Waals surface area contributed by atoms with Crippen LogP contribution in [0.3, 0.4) is 0 Å². The maximum absolute atomic E-state index is 10.5. The van der Waals surface area contributed by atoms with Crippen LogP contribution < -0.4 is 4.74 Å². The molecule has 0 bridgehead atoms. The molecule has 0 fully saturated rings. The predicted octanol–water partition coefficient (Wildman–Crippen LogP) is 2.43. The Morgan fingerprint density at radius 2 is 2.38 bits per heavy atom. The molecule has 1 rings (SSSR count). The summed E-state index contributed by atoms with van der Waals surface area (Å²) in [4.78, 5) is 10.5. The number of nitrogens with zero attached hydrogens (tertiary/aromatic N) is 1. The number of hydrogen-bond donors (Lipinski definition) is 1. The maximum Gasteiger partial charge on any atom is 0.305 e. The number of halogens is 1. The number of hydrogen-bond acceptors (Lipinski definition) is 3. The van der Waals surface area contributed by atoms with Gasteiger partial charge >= 0.3 is 5.97 Å². The van der Waals surface area contributed by atoms with E-state index in [9.17, 15) is 4.79 Å². The monoisotopic (exact) mass is 239 g/mol. The fourth-order valence-electron chi connectivity index (χ4n) is 1.31. The third kappa shape index (κ3) is 2.88. The van der Waals surface area contributed by atoms with Crippen molar-refractivity contribution in [3.63, 3.8) is 0 Å². The predicted molar refractivity (Wildman–Crippen MR) is 58.6 cm³/mol. The third-order valence-electron chi connectivity index (χ3n) is 2.11. The summed E-state index contributed by atoms with van der Waals surface area (Å²) in [7, 11) is 1.49. The van der Waals surface area contributed by atoms with Gasteiger partial charge in [-0.25, -0.2) is 0 Å². The highest BCUT2D eigenvalue weighted by Gasteiger charge is 2.16. The van der Waals surface area contributed by atoms with Gasteiger partial charge in [-0.1, -0.05) is 17.7 Å². The Morgan fingerprint density at radius 3 is 2.81 bits per heavy atom. The molecule has 16 heavy (non-hydrogen) atoms. The van der Waals surface area contributed by atoms with E-state index in [1.54, 1.807) is 18.2 Å². The topological polar surface area (TPSA) is 70.3 Å². The largest absolute Gasteiger partial charge is 0.495 e. The Morgan fingerprint density at radius 1 is 1.69 bits per heavy atom. The van der Waals surface area contributed by atoms with Gasteiger partial charge in [0.25, 0.3) is 0 Å². The fourth-order valence-corrected chi connectivity index (χ4v) is 1.58. The van der Waals surface area contributed by atoms with Crippen LogP contribution in [0, 0.1) is 11.3 Å². The standard InChI is InChI=1S/C11H10ClNO3/c1-16-10-3-2-7(4-9(10)12)8(6-13)5-11(14)15/h2-4,8H,5H2,1H3,(H,14,15). The molecule has 0 aromatic heterocycles. The summed E-state index contributed by atoms with van der Waals surface area (Å²) in [5.74, 6) is -1.21. The van der Waals surface area contributed by atoms with Crippen LogP contribution in [0.1, 0.15) is 17.9 Å². The van der Waals surface area contributed by atoms with Crippen LogP contribution in [0.5, 0.6) is 5.75 Å². The lowest BCUT2D eigenvalue weighted by Gasteiger charge is -2.09. The number of rotatable bonds is 4. The van der Waals surface area contributed by atoms with Crippen molar-refractivity contribution >= 4 is 17.6 Å². The number of methoxy groups -OCH3 is 1. The summed E-state index contributed by atoms with van der Waals surface area (Å²) in [6, 6.07) is 6.74. The van der Waals surface area contributed by atoms with Crippen molar-refractivity contribution in [1.29, 1.82) is 5.26 Å². The average molecular weight is 240 g/mol. The first-order valence-corrected chi connectivity index (χ1v) is 4.91. The molecule has 0 heterocycles. The van der Waals surface area contributed by atoms with E-state index in [-0.39, 0.29) is 6.42 Å². The zero-order valence-electron chi connectivity index (χ0n) is 8.61. The molecule has 0 spiro atoms. The van der Waals surface area contributed by atoms with Crippen molar-refractivity contribution in [2.45, 2.75) is 12.3 Å². The van der Waals surface area contributed by atoms with Gasteiger partial charge in [0.2, 0.25) is 0 Å². The summed E-state index contributed by atoms with van der Waals surface area (Å²) in [5, 5.41) is 17.9. The Kier molecular flexibility index (Phi) is 4.15. The minimum atomic E-state index is -1.02. The van der Waals surface area contributed by atoms with Gasteiger partial charge in [0.15, 0.2) is 0 Å². The molecule has 5 heteroatoms. The molecule has 0 aliphatic rings. The van der Waals surface area contributed by atoms with Gasteiger partial charge in [0.05, 0.1) is 30.5 Å². The number of carboxylic acid groups (broad SMARTS) is 1. The Bertz CT molecular complexity index is 439. The van der Waals surface area contributed by atoms with Crippen LogP contribution in [0.25, 0.3) is 0 Å². The van der Waals surface area contributed by atoms with Crippen molar-refractivity contribution in [3.05, 3.63) is 28.8 Å². The van der Waals surface area contributed by atoms with Crippen molar-refractivity contribution in [2.24, 2.45) is 0 Å². The molecule has 0 aliphatic heterocycles. The number of aliphatic carboxylic acids is 1. The summed E-state index contributed by atoms with van der Waals surface area (Å²) in [5.41, 5.74) is 0.579. The highest BCUT2D eigenvalue weighted by atomic mass is 35.5. The molecule has 1 N–H and O–H groups in total. The minimum absolute atomic E-state index is 0.237. The lowest BCUT2D eigenvalue weighted by atomic mass is 9.97. The van der Waals surface area contributed by atoms with Crippen LogP contribution in [-0.4, -0.2) is 18.2 Å². The van der Waals surface area contributed by atoms with Crippen LogP contribution in [0.2, 0.25) is 5.02 Å². The Labute approximate surface area is 98.0 Å². The quantitative estimate of drug-likeness (QED) is 0.876. The first-order chi connectivity index (χ1) is 7.58. The van der Waals surface area contributed by atoms with Crippen LogP contribution in [0.15, 0.2) is 18.2 Å². The zero-order chi connectivity index (χ0) is 12.1. The second-order valence-electron chi connectivity index (χ2n) is 3.17. The van der Waals surface area contributed by atoms with E-state index in [1.807, 2.05) is 6.07 Å². The second kappa shape index (κ2) is 5.38. The van der Waals surface area contributed by atoms with Crippen molar-refractivity contribution < 1.29 is 14.6 Å². The summed E-state index contributed by atoms with van der Waals surface area (Å²) >= 11 is 5.89. The molecular weight excluding hydrogens is 230 g/mol. The normalized spacial score (nSPS) is 11.6. The molecular formula is C11H10ClNO3. The molecule has 0 radical (unpaired) electrons. The van der Waals surface area contributed by atoms with Gasteiger partial charge in [-0.2, -0.15) is 5.26 Å². The first-order valence-electron chi connectivity index (χ1n) is 4.53. The Hall–Kier alpha value is -1.73. The highest BCUT2D eigenvalue weighted by molar-refractivity contribution is 6.32. The minimum Gasteiger partial charge on any atom is -0.495 e. The number of ether oxygens (including phenoxy) is 1. The lowest BCUT2D eigenvalue weighted by Crippen LogP contribution is -2.04. The van der Waals surface area contributed by atoms with E-state index in [1.165, 1.54) is 7.11 Å². The molecule has 1 unspecified atom stereocenters. The van der Waals surface area contributed by atoms with E-state index in [2.05, 4.69) is 0 Å². The van der Waals surface area contributed by atoms with Crippen molar-refractivity contribution in [3.8, 4) is 11.8 Å². The number of carboxylic acids is 1. The number of nitriles is 1. The first kappa shape index (κ1) is 12.3. The van der Waals surface area contributed by atoms with E-state index < -0.39 is 11.9 Å². The molecule has 4 nitrogen and oxygen atoms in total. The molecule has 84 valence electrons. The van der Waals surface area contributed by atoms with Crippen LogP contribution in [0.4, 0.5) is 0 Å². The average Bonchev–Trinajstić information content (AvgIpc) is 2.25. The summed E-state index contributed by atoms with van der Waals surface area (Å²) in [6.45, 7) is 0. The zero-order valence-corrected chi connectivity index (χ0v) is 9.36. The van der Waals surface area contributed by atoms with E-state index in [0.29, 0.717) is 16.3 Å². The van der Waals surface area contributed by atoms with Gasteiger partial charge in [-0.3, -0.25) is 4.79 Å². The molecule has 0 amide bonds. The number of carbonyl (C=O) groups is 1. The Balaban J connectivity index is 2.99. The highest BCUT2D eigenvalue weighted by Crippen LogP contribution is 2.29. The molecule has 0 aliphatic carbocycles. The molecule has 1 atom stereocenters. The van der Waals surface area contributed by atoms with E-state index >= 15 is 0 Å². The second-order valence-corrected chi connectivity index (χ2v) is 3.58. The van der Waals surface area contributed by atoms with Gasteiger partial charge in [0.1, 0.15) is 5.75 Å². The maximum atomic E-state index is 10.5. The van der Waals surface area contributed by atoms with Gasteiger partial charge in [-0.15, -0.1) is 0 Å². The van der Waals surface area contributed by atoms with Crippen molar-refractivity contribution in [1.82, 2.24) is 0 Å². The van der Waals surface area contributed by atoms with Gasteiger partial charge in [0, 0.05) is 0 Å². The molecule has 1 aromatic carbocycles. The SMILES string of the molecule is COc1ccc(C(C#N)CC(=O)O)cc1Cl.